The van der Waals surface area contributed by atoms with Gasteiger partial charge in [0.05, 0.1) is 19.7 Å². The molecule has 0 spiro atoms. The molecule has 7 nitrogen and oxygen atoms in total. The molecule has 31 heavy (non-hydrogen) atoms. The fourth-order valence-electron chi connectivity index (χ4n) is 4.63. The average molecular weight is 423 g/mol. The first-order valence-corrected chi connectivity index (χ1v) is 10.8. The van der Waals surface area contributed by atoms with E-state index in [-0.39, 0.29) is 24.5 Å². The predicted molar refractivity (Wildman–Crippen MR) is 114 cm³/mol. The van der Waals surface area contributed by atoms with Gasteiger partial charge in [0.1, 0.15) is 5.92 Å². The topological polar surface area (TPSA) is 80.2 Å². The second kappa shape index (κ2) is 8.89. The third-order valence-electron chi connectivity index (χ3n) is 6.14. The second-order valence-electron chi connectivity index (χ2n) is 8.10. The van der Waals surface area contributed by atoms with Crippen molar-refractivity contribution in [1.82, 2.24) is 10.2 Å². The Kier molecular flexibility index (Phi) is 6.04. The van der Waals surface area contributed by atoms with E-state index in [0.717, 1.165) is 35.4 Å². The van der Waals surface area contributed by atoms with E-state index in [1.54, 1.807) is 6.92 Å². The maximum Gasteiger partial charge on any atom is 0.330 e. The van der Waals surface area contributed by atoms with E-state index in [1.807, 2.05) is 60.7 Å². The minimum atomic E-state index is -1.25. The Morgan fingerprint density at radius 1 is 1.10 bits per heavy atom. The van der Waals surface area contributed by atoms with Crippen LogP contribution in [0.15, 0.2) is 60.7 Å². The number of quaternary nitrogens is 1. The van der Waals surface area contributed by atoms with Gasteiger partial charge in [0.15, 0.2) is 12.2 Å². The van der Waals surface area contributed by atoms with Gasteiger partial charge in [-0.3, -0.25) is 9.59 Å². The molecule has 2 atom stereocenters. The van der Waals surface area contributed by atoms with Crippen molar-refractivity contribution in [2.24, 2.45) is 5.92 Å². The lowest BCUT2D eigenvalue weighted by Gasteiger charge is -2.31. The number of hydrogen-bond donors (Lipinski definition) is 2. The summed E-state index contributed by atoms with van der Waals surface area (Å²) in [4.78, 5) is 41.3. The number of amides is 3. The number of nitrogens with one attached hydrogen (secondary N) is 2. The summed E-state index contributed by atoms with van der Waals surface area (Å²) in [6, 6.07) is 18.2. The molecule has 2 N–H and O–H groups in total. The lowest BCUT2D eigenvalue weighted by atomic mass is 9.83. The van der Waals surface area contributed by atoms with E-state index in [1.165, 1.54) is 4.90 Å². The lowest BCUT2D eigenvalue weighted by Crippen LogP contribution is -3.15. The Hall–Kier alpha value is -3.19. The summed E-state index contributed by atoms with van der Waals surface area (Å²) in [6.07, 6.45) is 1.63. The predicted octanol–water partition coefficient (Wildman–Crippen LogP) is 1.30. The first-order valence-electron chi connectivity index (χ1n) is 10.8. The fraction of sp³-hybridized carbons (Fsp3) is 0.375. The van der Waals surface area contributed by atoms with Crippen LogP contribution in [-0.2, 0) is 19.9 Å². The van der Waals surface area contributed by atoms with Crippen LogP contribution in [0.2, 0.25) is 0 Å². The molecule has 2 saturated heterocycles. The molecule has 4 rings (SSSR count). The van der Waals surface area contributed by atoms with Crippen LogP contribution in [0.1, 0.15) is 30.9 Å². The largest absolute Gasteiger partial charge is 0.466 e. The van der Waals surface area contributed by atoms with Gasteiger partial charge in [0.25, 0.3) is 5.91 Å². The van der Waals surface area contributed by atoms with Crippen molar-refractivity contribution >= 4 is 17.9 Å². The molecule has 2 aromatic rings. The van der Waals surface area contributed by atoms with Gasteiger partial charge in [-0.2, -0.15) is 0 Å². The number of ether oxygens (including phenoxy) is 1. The number of imide groups is 1. The summed E-state index contributed by atoms with van der Waals surface area (Å²) in [6.45, 7) is 3.73. The first kappa shape index (κ1) is 21.1. The Labute approximate surface area is 182 Å². The van der Waals surface area contributed by atoms with E-state index in [2.05, 4.69) is 5.32 Å². The normalized spacial score (nSPS) is 22.8. The molecule has 2 aliphatic heterocycles. The molecule has 0 saturated carbocycles. The van der Waals surface area contributed by atoms with Crippen molar-refractivity contribution in [2.45, 2.75) is 25.3 Å². The molecule has 3 amide bonds. The SMILES string of the molecule is CCOC(=O)[C@@H]1CCC[NH+](CN2C(=O)NC(c3ccccc3)(c3ccccc3)C2=O)C1. The number of carbonyl (C=O) groups excluding carboxylic acids is 3. The van der Waals surface area contributed by atoms with Crippen molar-refractivity contribution in [3.63, 3.8) is 0 Å². The maximum atomic E-state index is 13.8. The zero-order valence-electron chi connectivity index (χ0n) is 17.7. The standard InChI is InChI=1S/C24H27N3O4/c1-2-31-21(28)18-10-9-15-26(16-18)17-27-22(29)24(25-23(27)30,19-11-5-3-6-12-19)20-13-7-4-8-14-20/h3-8,11-14,18H,2,9-10,15-17H2,1H3,(H,25,30)/p+1/t18-/m1/s1. The number of rotatable bonds is 6. The highest BCUT2D eigenvalue weighted by atomic mass is 16.5. The Balaban J connectivity index is 1.60. The molecule has 2 fully saturated rings. The van der Waals surface area contributed by atoms with E-state index < -0.39 is 11.6 Å². The number of carbonyl (C=O) groups is 3. The highest BCUT2D eigenvalue weighted by Crippen LogP contribution is 2.35. The summed E-state index contributed by atoms with van der Waals surface area (Å²) in [5.74, 6) is -0.682. The number of urea groups is 1. The average Bonchev–Trinajstić information content (AvgIpc) is 3.06. The zero-order chi connectivity index (χ0) is 21.8. The molecular weight excluding hydrogens is 394 g/mol. The Morgan fingerprint density at radius 2 is 1.71 bits per heavy atom. The highest BCUT2D eigenvalue weighted by molar-refractivity contribution is 6.09. The van der Waals surface area contributed by atoms with Gasteiger partial charge in [-0.1, -0.05) is 60.7 Å². The summed E-state index contributed by atoms with van der Waals surface area (Å²) in [7, 11) is 0. The molecular formula is C24H28N3O4+. The molecule has 0 aromatic heterocycles. The number of esters is 1. The first-order chi connectivity index (χ1) is 15.1. The molecule has 2 aliphatic rings. The number of likely N-dealkylation sites (tertiary alicyclic amines) is 1. The van der Waals surface area contributed by atoms with Gasteiger partial charge < -0.3 is 15.0 Å². The molecule has 162 valence electrons. The van der Waals surface area contributed by atoms with E-state index in [9.17, 15) is 14.4 Å². The zero-order valence-corrected chi connectivity index (χ0v) is 17.7. The van der Waals surface area contributed by atoms with E-state index >= 15 is 0 Å². The van der Waals surface area contributed by atoms with Crippen molar-refractivity contribution in [2.75, 3.05) is 26.4 Å². The molecule has 2 aromatic carbocycles. The van der Waals surface area contributed by atoms with Crippen LogP contribution in [0, 0.1) is 5.92 Å². The number of benzene rings is 2. The van der Waals surface area contributed by atoms with Crippen molar-refractivity contribution in [3.05, 3.63) is 71.8 Å². The van der Waals surface area contributed by atoms with Crippen LogP contribution in [-0.4, -0.2) is 49.2 Å². The van der Waals surface area contributed by atoms with Gasteiger partial charge in [-0.25, -0.2) is 9.69 Å². The minimum Gasteiger partial charge on any atom is -0.466 e. The molecule has 0 bridgehead atoms. The number of hydrogen-bond acceptors (Lipinski definition) is 4. The van der Waals surface area contributed by atoms with Crippen LogP contribution < -0.4 is 10.2 Å². The summed E-state index contributed by atoms with van der Waals surface area (Å²) in [5.41, 5.74) is 0.190. The summed E-state index contributed by atoms with van der Waals surface area (Å²) < 4.78 is 5.18. The van der Waals surface area contributed by atoms with Gasteiger partial charge in [0, 0.05) is 0 Å². The lowest BCUT2D eigenvalue weighted by molar-refractivity contribution is -0.914. The van der Waals surface area contributed by atoms with Crippen LogP contribution in [0.3, 0.4) is 0 Å². The van der Waals surface area contributed by atoms with Crippen molar-refractivity contribution in [3.8, 4) is 0 Å². The van der Waals surface area contributed by atoms with Gasteiger partial charge in [-0.15, -0.1) is 0 Å². The Morgan fingerprint density at radius 3 is 2.29 bits per heavy atom. The van der Waals surface area contributed by atoms with Crippen molar-refractivity contribution < 1.29 is 24.0 Å². The third kappa shape index (κ3) is 3.93. The summed E-state index contributed by atoms with van der Waals surface area (Å²) >= 11 is 0. The molecule has 2 heterocycles. The van der Waals surface area contributed by atoms with Crippen LogP contribution in [0.4, 0.5) is 4.79 Å². The van der Waals surface area contributed by atoms with Crippen molar-refractivity contribution in [1.29, 1.82) is 0 Å². The number of piperidine rings is 1. The second-order valence-corrected chi connectivity index (χ2v) is 8.10. The quantitative estimate of drug-likeness (QED) is 0.543. The van der Waals surface area contributed by atoms with Gasteiger partial charge in [-0.05, 0) is 30.9 Å². The smallest absolute Gasteiger partial charge is 0.330 e. The number of nitrogens with zero attached hydrogens (tertiary/aromatic N) is 1. The van der Waals surface area contributed by atoms with E-state index in [4.69, 9.17) is 4.74 Å². The van der Waals surface area contributed by atoms with Crippen LogP contribution >= 0.6 is 0 Å². The molecule has 7 heteroatoms. The minimum absolute atomic E-state index is 0.195. The van der Waals surface area contributed by atoms with E-state index in [0.29, 0.717) is 13.2 Å². The van der Waals surface area contributed by atoms with Crippen LogP contribution in [0.25, 0.3) is 0 Å². The molecule has 0 aliphatic carbocycles. The summed E-state index contributed by atoms with van der Waals surface area (Å²) in [5, 5.41) is 2.98. The Bertz CT molecular complexity index is 908. The van der Waals surface area contributed by atoms with Gasteiger partial charge in [0.2, 0.25) is 0 Å². The van der Waals surface area contributed by atoms with Crippen LogP contribution in [0.5, 0.6) is 0 Å². The monoisotopic (exact) mass is 422 g/mol. The molecule has 0 radical (unpaired) electrons. The maximum absolute atomic E-state index is 13.8. The van der Waals surface area contributed by atoms with Gasteiger partial charge >= 0.3 is 12.0 Å². The fourth-order valence-corrected chi connectivity index (χ4v) is 4.63. The highest BCUT2D eigenvalue weighted by Gasteiger charge is 2.54. The molecule has 1 unspecified atom stereocenters. The third-order valence-corrected chi connectivity index (χ3v) is 6.14.